The van der Waals surface area contributed by atoms with Gasteiger partial charge in [-0.2, -0.15) is 0 Å². The summed E-state index contributed by atoms with van der Waals surface area (Å²) in [4.78, 5) is 29.3. The number of anilines is 2. The average Bonchev–Trinajstić information content (AvgIpc) is 2.79. The molecule has 3 rings (SSSR count). The van der Waals surface area contributed by atoms with Crippen molar-refractivity contribution in [1.82, 2.24) is 4.90 Å². The molecule has 6 nitrogen and oxygen atoms in total. The Kier molecular flexibility index (Phi) is 8.02. The molecule has 1 aliphatic heterocycles. The van der Waals surface area contributed by atoms with Crippen molar-refractivity contribution >= 4 is 34.8 Å². The Morgan fingerprint density at radius 1 is 1.06 bits per heavy atom. The van der Waals surface area contributed by atoms with Crippen molar-refractivity contribution < 1.29 is 14.3 Å². The first-order chi connectivity index (χ1) is 15.3. The van der Waals surface area contributed by atoms with Crippen molar-refractivity contribution in [1.29, 1.82) is 0 Å². The zero-order chi connectivity index (χ0) is 23.3. The molecule has 2 aromatic rings. The molecule has 0 unspecified atom stereocenters. The molecule has 172 valence electrons. The normalized spacial score (nSPS) is 14.9. The first-order valence-corrected chi connectivity index (χ1v) is 11.6. The second-order valence-electron chi connectivity index (χ2n) is 8.42. The number of hydrogen-bond donors (Lipinski definition) is 1. The lowest BCUT2D eigenvalue weighted by Crippen LogP contribution is -2.50. The smallest absolute Gasteiger partial charge is 0.255 e. The quantitative estimate of drug-likeness (QED) is 0.630. The standard InChI is InChI=1S/C25H32ClN3O3/c1-5-18(4)32-20-9-6-8-19(16-20)24(30)27-22-11-7-10-21(26)23(22)28-12-14-29(15-13-28)25(31)17(2)3/h6-11,16-18H,5,12-15H2,1-4H3,(H,27,30)/t18-/m1/s1. The highest BCUT2D eigenvalue weighted by Crippen LogP contribution is 2.35. The summed E-state index contributed by atoms with van der Waals surface area (Å²) in [6.45, 7) is 10.5. The van der Waals surface area contributed by atoms with Gasteiger partial charge in [-0.3, -0.25) is 9.59 Å². The summed E-state index contributed by atoms with van der Waals surface area (Å²) in [5.74, 6) is 0.592. The number of carbonyl (C=O) groups is 2. The number of benzene rings is 2. The highest BCUT2D eigenvalue weighted by atomic mass is 35.5. The van der Waals surface area contributed by atoms with Crippen LogP contribution in [0.25, 0.3) is 0 Å². The Labute approximate surface area is 195 Å². The zero-order valence-corrected chi connectivity index (χ0v) is 20.0. The number of nitrogens with zero attached hydrogens (tertiary/aromatic N) is 2. The van der Waals surface area contributed by atoms with E-state index in [4.69, 9.17) is 16.3 Å². The maximum absolute atomic E-state index is 13.0. The van der Waals surface area contributed by atoms with Crippen molar-refractivity contribution in [3.8, 4) is 5.75 Å². The van der Waals surface area contributed by atoms with Gasteiger partial charge in [0.2, 0.25) is 5.91 Å². The number of hydrogen-bond acceptors (Lipinski definition) is 4. The number of rotatable bonds is 7. The number of carbonyl (C=O) groups excluding carboxylic acids is 2. The number of para-hydroxylation sites is 1. The van der Waals surface area contributed by atoms with Gasteiger partial charge in [-0.1, -0.05) is 44.5 Å². The van der Waals surface area contributed by atoms with Gasteiger partial charge in [0.25, 0.3) is 5.91 Å². The summed E-state index contributed by atoms with van der Waals surface area (Å²) in [5.41, 5.74) is 1.95. The number of amides is 2. The van der Waals surface area contributed by atoms with Gasteiger partial charge in [0, 0.05) is 37.7 Å². The van der Waals surface area contributed by atoms with Gasteiger partial charge in [0.05, 0.1) is 22.5 Å². The third kappa shape index (κ3) is 5.74. The zero-order valence-electron chi connectivity index (χ0n) is 19.2. The first-order valence-electron chi connectivity index (χ1n) is 11.2. The number of ether oxygens (including phenoxy) is 1. The third-order valence-electron chi connectivity index (χ3n) is 5.64. The first kappa shape index (κ1) is 23.9. The van der Waals surface area contributed by atoms with Crippen LogP contribution in [-0.4, -0.2) is 49.0 Å². The van der Waals surface area contributed by atoms with E-state index in [0.717, 1.165) is 12.1 Å². The molecule has 1 atom stereocenters. The second kappa shape index (κ2) is 10.7. The van der Waals surface area contributed by atoms with E-state index in [9.17, 15) is 9.59 Å². The summed E-state index contributed by atoms with van der Waals surface area (Å²) in [7, 11) is 0. The third-order valence-corrected chi connectivity index (χ3v) is 5.95. The molecular weight excluding hydrogens is 426 g/mol. The van der Waals surface area contributed by atoms with E-state index in [-0.39, 0.29) is 23.8 Å². The van der Waals surface area contributed by atoms with Gasteiger partial charge in [-0.25, -0.2) is 0 Å². The lowest BCUT2D eigenvalue weighted by molar-refractivity contribution is -0.134. The molecule has 2 aromatic carbocycles. The fourth-order valence-corrected chi connectivity index (χ4v) is 3.97. The molecule has 7 heteroatoms. The topological polar surface area (TPSA) is 61.9 Å². The molecule has 0 aromatic heterocycles. The summed E-state index contributed by atoms with van der Waals surface area (Å²) >= 11 is 6.55. The van der Waals surface area contributed by atoms with Gasteiger partial charge < -0.3 is 19.9 Å². The van der Waals surface area contributed by atoms with Crippen LogP contribution in [0.2, 0.25) is 5.02 Å². The molecule has 1 heterocycles. The molecule has 32 heavy (non-hydrogen) atoms. The van der Waals surface area contributed by atoms with Crippen LogP contribution in [0.3, 0.4) is 0 Å². The lowest BCUT2D eigenvalue weighted by Gasteiger charge is -2.38. The minimum Gasteiger partial charge on any atom is -0.491 e. The highest BCUT2D eigenvalue weighted by molar-refractivity contribution is 6.34. The molecule has 1 saturated heterocycles. The van der Waals surface area contributed by atoms with Gasteiger partial charge in [0.1, 0.15) is 5.75 Å². The van der Waals surface area contributed by atoms with Gasteiger partial charge >= 0.3 is 0 Å². The van der Waals surface area contributed by atoms with Crippen LogP contribution in [0.4, 0.5) is 11.4 Å². The van der Waals surface area contributed by atoms with E-state index in [1.807, 2.05) is 56.0 Å². The fraction of sp³-hybridized carbons (Fsp3) is 0.440. The van der Waals surface area contributed by atoms with Crippen molar-refractivity contribution in [2.75, 3.05) is 36.4 Å². The molecule has 1 aliphatic rings. The molecule has 0 aliphatic carbocycles. The van der Waals surface area contributed by atoms with Gasteiger partial charge in [-0.15, -0.1) is 0 Å². The fourth-order valence-electron chi connectivity index (χ4n) is 3.67. The van der Waals surface area contributed by atoms with E-state index in [2.05, 4.69) is 17.1 Å². The van der Waals surface area contributed by atoms with Crippen LogP contribution >= 0.6 is 11.6 Å². The van der Waals surface area contributed by atoms with Crippen LogP contribution in [0, 0.1) is 5.92 Å². The Bertz CT molecular complexity index is 955. The summed E-state index contributed by atoms with van der Waals surface area (Å²) < 4.78 is 5.85. The Morgan fingerprint density at radius 3 is 2.41 bits per heavy atom. The van der Waals surface area contributed by atoms with Crippen molar-refractivity contribution in [2.45, 2.75) is 40.2 Å². The largest absolute Gasteiger partial charge is 0.491 e. The molecule has 1 N–H and O–H groups in total. The predicted octanol–water partition coefficient (Wildman–Crippen LogP) is 5.07. The molecule has 0 saturated carbocycles. The second-order valence-corrected chi connectivity index (χ2v) is 8.83. The number of halogens is 1. The summed E-state index contributed by atoms with van der Waals surface area (Å²) in [6, 6.07) is 12.7. The van der Waals surface area contributed by atoms with Gasteiger partial charge in [0.15, 0.2) is 0 Å². The van der Waals surface area contributed by atoms with Gasteiger partial charge in [-0.05, 0) is 43.7 Å². The van der Waals surface area contributed by atoms with Crippen molar-refractivity contribution in [3.05, 3.63) is 53.1 Å². The molecular formula is C25H32ClN3O3. The van der Waals surface area contributed by atoms with Crippen LogP contribution in [-0.2, 0) is 4.79 Å². The van der Waals surface area contributed by atoms with Crippen molar-refractivity contribution in [2.24, 2.45) is 5.92 Å². The molecule has 0 spiro atoms. The molecule has 2 amide bonds. The predicted molar refractivity (Wildman–Crippen MR) is 130 cm³/mol. The monoisotopic (exact) mass is 457 g/mol. The Morgan fingerprint density at radius 2 is 1.75 bits per heavy atom. The highest BCUT2D eigenvalue weighted by Gasteiger charge is 2.25. The Balaban J connectivity index is 1.75. The van der Waals surface area contributed by atoms with Crippen LogP contribution in [0.1, 0.15) is 44.5 Å². The van der Waals surface area contributed by atoms with Crippen LogP contribution in [0.15, 0.2) is 42.5 Å². The Hall–Kier alpha value is -2.73. The summed E-state index contributed by atoms with van der Waals surface area (Å²) in [5, 5.41) is 3.58. The average molecular weight is 458 g/mol. The maximum Gasteiger partial charge on any atom is 0.255 e. The van der Waals surface area contributed by atoms with Crippen LogP contribution in [0.5, 0.6) is 5.75 Å². The molecule has 1 fully saturated rings. The van der Waals surface area contributed by atoms with E-state index in [0.29, 0.717) is 48.2 Å². The minimum atomic E-state index is -0.225. The molecule has 0 radical (unpaired) electrons. The minimum absolute atomic E-state index is 0.0169. The van der Waals surface area contributed by atoms with E-state index in [1.54, 1.807) is 12.1 Å². The number of piperazine rings is 1. The summed E-state index contributed by atoms with van der Waals surface area (Å²) in [6.07, 6.45) is 0.965. The van der Waals surface area contributed by atoms with E-state index in [1.165, 1.54) is 0 Å². The van der Waals surface area contributed by atoms with E-state index < -0.39 is 0 Å². The van der Waals surface area contributed by atoms with Crippen LogP contribution < -0.4 is 15.0 Å². The number of nitrogens with one attached hydrogen (secondary N) is 1. The molecule has 0 bridgehead atoms. The van der Waals surface area contributed by atoms with E-state index >= 15 is 0 Å². The lowest BCUT2D eigenvalue weighted by atomic mass is 10.1. The maximum atomic E-state index is 13.0. The SMILES string of the molecule is CC[C@@H](C)Oc1cccc(C(=O)Nc2cccc(Cl)c2N2CCN(C(=O)C(C)C)CC2)c1. The van der Waals surface area contributed by atoms with Crippen molar-refractivity contribution in [3.63, 3.8) is 0 Å².